The molecule has 0 radical (unpaired) electrons. The van der Waals surface area contributed by atoms with Crippen molar-refractivity contribution in [1.29, 1.82) is 0 Å². The summed E-state index contributed by atoms with van der Waals surface area (Å²) in [6, 6.07) is 9.21. The van der Waals surface area contributed by atoms with Crippen LogP contribution in [0.2, 0.25) is 0 Å². The molecule has 2 aliphatic rings. The van der Waals surface area contributed by atoms with E-state index in [4.69, 9.17) is 17.0 Å². The van der Waals surface area contributed by atoms with Crippen molar-refractivity contribution in [1.82, 2.24) is 15.1 Å². The minimum absolute atomic E-state index is 0.411. The molecule has 0 spiro atoms. The quantitative estimate of drug-likeness (QED) is 0.653. The normalized spacial score (nSPS) is 21.1. The molecule has 0 aromatic heterocycles. The lowest BCUT2D eigenvalue weighted by Gasteiger charge is -2.35. The fourth-order valence-corrected chi connectivity index (χ4v) is 3.95. The van der Waals surface area contributed by atoms with Gasteiger partial charge in [0.15, 0.2) is 5.11 Å². The minimum Gasteiger partial charge on any atom is -0.379 e. The first-order chi connectivity index (χ1) is 11.8. The summed E-state index contributed by atoms with van der Waals surface area (Å²) in [6.07, 6.45) is 4.74. The molecule has 0 bridgehead atoms. The second kappa shape index (κ2) is 8.79. The van der Waals surface area contributed by atoms with E-state index >= 15 is 0 Å². The third kappa shape index (κ3) is 4.47. The Hall–Kier alpha value is -1.17. The molecule has 1 aromatic carbocycles. The van der Waals surface area contributed by atoms with Crippen molar-refractivity contribution in [3.8, 4) is 0 Å². The van der Waals surface area contributed by atoms with Crippen LogP contribution >= 0.6 is 12.2 Å². The van der Waals surface area contributed by atoms with Gasteiger partial charge >= 0.3 is 0 Å². The number of benzene rings is 1. The molecule has 4 nitrogen and oxygen atoms in total. The number of fused-ring (bicyclic) bond motifs is 1. The molecule has 1 aliphatic carbocycles. The lowest BCUT2D eigenvalue weighted by Crippen LogP contribution is -2.42. The molecular weight excluding hydrogens is 318 g/mol. The maximum absolute atomic E-state index is 5.64. The lowest BCUT2D eigenvalue weighted by molar-refractivity contribution is 0.0375. The Bertz CT molecular complexity index is 545. The summed E-state index contributed by atoms with van der Waals surface area (Å²) in [5.41, 5.74) is 2.93. The highest BCUT2D eigenvalue weighted by Crippen LogP contribution is 2.33. The molecule has 1 aromatic rings. The molecule has 24 heavy (non-hydrogen) atoms. The molecule has 1 atom stereocenters. The minimum atomic E-state index is 0.411. The van der Waals surface area contributed by atoms with Crippen molar-refractivity contribution in [2.24, 2.45) is 0 Å². The molecule has 0 unspecified atom stereocenters. The van der Waals surface area contributed by atoms with Crippen molar-refractivity contribution in [3.05, 3.63) is 35.4 Å². The molecule has 1 aliphatic heterocycles. The van der Waals surface area contributed by atoms with Crippen LogP contribution in [-0.2, 0) is 11.2 Å². The Morgan fingerprint density at radius 2 is 2.12 bits per heavy atom. The maximum Gasteiger partial charge on any atom is 0.169 e. The molecule has 132 valence electrons. The Balaban J connectivity index is 1.45. The molecule has 0 saturated carbocycles. The van der Waals surface area contributed by atoms with Gasteiger partial charge in [-0.15, -0.1) is 0 Å². The molecule has 1 N–H and O–H groups in total. The second-order valence-corrected chi connectivity index (χ2v) is 7.14. The van der Waals surface area contributed by atoms with E-state index in [2.05, 4.69) is 46.4 Å². The van der Waals surface area contributed by atoms with Crippen LogP contribution in [0, 0.1) is 0 Å². The van der Waals surface area contributed by atoms with Crippen molar-refractivity contribution in [3.63, 3.8) is 0 Å². The summed E-state index contributed by atoms with van der Waals surface area (Å²) in [4.78, 5) is 4.72. The van der Waals surface area contributed by atoms with Gasteiger partial charge in [-0.3, -0.25) is 4.90 Å². The van der Waals surface area contributed by atoms with Crippen LogP contribution < -0.4 is 5.32 Å². The van der Waals surface area contributed by atoms with Crippen LogP contribution in [0.15, 0.2) is 24.3 Å². The first-order valence-corrected chi connectivity index (χ1v) is 9.55. The van der Waals surface area contributed by atoms with E-state index in [0.29, 0.717) is 6.04 Å². The van der Waals surface area contributed by atoms with Gasteiger partial charge < -0.3 is 15.0 Å². The van der Waals surface area contributed by atoms with Gasteiger partial charge in [-0.1, -0.05) is 24.3 Å². The molecule has 1 saturated heterocycles. The van der Waals surface area contributed by atoms with E-state index in [1.54, 1.807) is 0 Å². The highest BCUT2D eigenvalue weighted by molar-refractivity contribution is 7.80. The third-order valence-corrected chi connectivity index (χ3v) is 5.59. The van der Waals surface area contributed by atoms with Crippen LogP contribution in [0.4, 0.5) is 0 Å². The number of rotatable bonds is 5. The van der Waals surface area contributed by atoms with E-state index in [0.717, 1.165) is 50.9 Å². The van der Waals surface area contributed by atoms with E-state index < -0.39 is 0 Å². The number of aryl methyl sites for hydroxylation is 1. The topological polar surface area (TPSA) is 27.7 Å². The zero-order valence-electron chi connectivity index (χ0n) is 14.7. The van der Waals surface area contributed by atoms with Gasteiger partial charge in [0.2, 0.25) is 0 Å². The van der Waals surface area contributed by atoms with Gasteiger partial charge in [0.05, 0.1) is 19.3 Å². The van der Waals surface area contributed by atoms with Gasteiger partial charge in [0, 0.05) is 26.7 Å². The highest BCUT2D eigenvalue weighted by Gasteiger charge is 2.24. The lowest BCUT2D eigenvalue weighted by atomic mass is 9.87. The van der Waals surface area contributed by atoms with Crippen LogP contribution in [0.25, 0.3) is 0 Å². The van der Waals surface area contributed by atoms with Gasteiger partial charge in [-0.25, -0.2) is 0 Å². The number of hydrogen-bond donors (Lipinski definition) is 1. The number of thiocarbonyl (C=S) groups is 1. The van der Waals surface area contributed by atoms with Crippen LogP contribution in [-0.4, -0.2) is 61.4 Å². The molecule has 3 rings (SSSR count). The summed E-state index contributed by atoms with van der Waals surface area (Å²) in [5, 5.41) is 4.32. The summed E-state index contributed by atoms with van der Waals surface area (Å²) in [5.74, 6) is 0. The van der Waals surface area contributed by atoms with E-state index in [9.17, 15) is 0 Å². The zero-order chi connectivity index (χ0) is 16.8. The van der Waals surface area contributed by atoms with Gasteiger partial charge in [0.25, 0.3) is 0 Å². The molecule has 1 heterocycles. The molecule has 5 heteroatoms. The fraction of sp³-hybridized carbons (Fsp3) is 0.632. The fourth-order valence-electron chi connectivity index (χ4n) is 3.72. The Morgan fingerprint density at radius 1 is 1.33 bits per heavy atom. The Morgan fingerprint density at radius 3 is 2.96 bits per heavy atom. The molecule has 1 fully saturated rings. The summed E-state index contributed by atoms with van der Waals surface area (Å²) < 4.78 is 5.39. The molecular formula is C19H29N3OS. The average molecular weight is 348 g/mol. The smallest absolute Gasteiger partial charge is 0.169 e. The zero-order valence-corrected chi connectivity index (χ0v) is 15.5. The van der Waals surface area contributed by atoms with Crippen molar-refractivity contribution in [2.75, 3.05) is 46.4 Å². The monoisotopic (exact) mass is 347 g/mol. The third-order valence-electron chi connectivity index (χ3n) is 5.16. The largest absolute Gasteiger partial charge is 0.379 e. The number of ether oxygens (including phenoxy) is 1. The molecule has 0 amide bonds. The highest BCUT2D eigenvalue weighted by atomic mass is 32.1. The maximum atomic E-state index is 5.64. The number of hydrogen-bond acceptors (Lipinski definition) is 3. The van der Waals surface area contributed by atoms with Crippen molar-refractivity contribution < 1.29 is 4.74 Å². The van der Waals surface area contributed by atoms with E-state index in [-0.39, 0.29) is 0 Å². The standard InChI is InChI=1S/C19H29N3OS/c1-21(18-9-4-7-16-6-2-3-8-17(16)18)19(24)20-10-5-11-22-12-14-23-15-13-22/h2-3,6,8,18H,4-5,7,9-15H2,1H3,(H,20,24)/t18-/m1/s1. The van der Waals surface area contributed by atoms with Crippen LogP contribution in [0.1, 0.15) is 36.4 Å². The summed E-state index contributed by atoms with van der Waals surface area (Å²) in [7, 11) is 2.13. The Labute approximate surface area is 151 Å². The Kier molecular flexibility index (Phi) is 6.46. The van der Waals surface area contributed by atoms with Gasteiger partial charge in [0.1, 0.15) is 0 Å². The predicted octanol–water partition coefficient (Wildman–Crippen LogP) is 2.59. The summed E-state index contributed by atoms with van der Waals surface area (Å²) in [6.45, 7) is 5.92. The number of nitrogens with one attached hydrogen (secondary N) is 1. The summed E-state index contributed by atoms with van der Waals surface area (Å²) >= 11 is 5.64. The first-order valence-electron chi connectivity index (χ1n) is 9.14. The number of nitrogens with zero attached hydrogens (tertiary/aromatic N) is 2. The first kappa shape index (κ1) is 17.6. The van der Waals surface area contributed by atoms with Crippen molar-refractivity contribution in [2.45, 2.75) is 31.7 Å². The second-order valence-electron chi connectivity index (χ2n) is 6.76. The van der Waals surface area contributed by atoms with Gasteiger partial charge in [-0.05, 0) is 55.6 Å². The predicted molar refractivity (Wildman–Crippen MR) is 102 cm³/mol. The SMILES string of the molecule is CN(C(=S)NCCCN1CCOCC1)[C@@H]1CCCc2ccccc21. The van der Waals surface area contributed by atoms with Gasteiger partial charge in [-0.2, -0.15) is 0 Å². The van der Waals surface area contributed by atoms with Crippen LogP contribution in [0.5, 0.6) is 0 Å². The van der Waals surface area contributed by atoms with Crippen molar-refractivity contribution >= 4 is 17.3 Å². The van der Waals surface area contributed by atoms with Crippen LogP contribution in [0.3, 0.4) is 0 Å². The van der Waals surface area contributed by atoms with E-state index in [1.807, 2.05) is 0 Å². The average Bonchev–Trinajstić information content (AvgIpc) is 2.65. The number of morpholine rings is 1. The van der Waals surface area contributed by atoms with E-state index in [1.165, 1.54) is 30.4 Å².